The fourth-order valence-electron chi connectivity index (χ4n) is 4.16. The highest BCUT2D eigenvalue weighted by Crippen LogP contribution is 2.30. The summed E-state index contributed by atoms with van der Waals surface area (Å²) in [6, 6.07) is 9.14. The molecule has 0 N–H and O–H groups in total. The zero-order valence-corrected chi connectivity index (χ0v) is 17.3. The number of nitrogens with zero attached hydrogens (tertiary/aromatic N) is 4. The van der Waals surface area contributed by atoms with Crippen molar-refractivity contribution in [2.45, 2.75) is 31.7 Å². The number of benzene rings is 1. The highest BCUT2D eigenvalue weighted by molar-refractivity contribution is 7.91. The third-order valence-corrected chi connectivity index (χ3v) is 7.33. The quantitative estimate of drug-likeness (QED) is 0.743. The summed E-state index contributed by atoms with van der Waals surface area (Å²) >= 11 is 0. The monoisotopic (exact) mass is 418 g/mol. The predicted octanol–water partition coefficient (Wildman–Crippen LogP) is 1.56. The number of aryl methyl sites for hydroxylation is 1. The SMILES string of the molecule is Cc1noc(C2CCCN(C(=O)C(c3ccccc3)N3CCS(=O)(=O)CC3)C2)n1. The van der Waals surface area contributed by atoms with E-state index in [0.717, 1.165) is 18.4 Å². The van der Waals surface area contributed by atoms with Crippen molar-refractivity contribution in [2.75, 3.05) is 37.7 Å². The molecule has 2 aliphatic heterocycles. The lowest BCUT2D eigenvalue weighted by Crippen LogP contribution is -2.50. The minimum atomic E-state index is -3.02. The number of aromatic nitrogens is 2. The maximum Gasteiger partial charge on any atom is 0.244 e. The second-order valence-corrected chi connectivity index (χ2v) is 10.1. The molecule has 156 valence electrons. The van der Waals surface area contributed by atoms with Crippen molar-refractivity contribution in [2.24, 2.45) is 0 Å². The Bertz CT molecular complexity index is 946. The lowest BCUT2D eigenvalue weighted by atomic mass is 9.96. The number of hydrogen-bond acceptors (Lipinski definition) is 7. The molecule has 2 aromatic rings. The number of likely N-dealkylation sites (tertiary alicyclic amines) is 1. The molecule has 1 aromatic heterocycles. The summed E-state index contributed by atoms with van der Waals surface area (Å²) in [4.78, 5) is 21.8. The van der Waals surface area contributed by atoms with Crippen LogP contribution < -0.4 is 0 Å². The van der Waals surface area contributed by atoms with Gasteiger partial charge in [-0.25, -0.2) is 8.42 Å². The van der Waals surface area contributed by atoms with Crippen LogP contribution >= 0.6 is 0 Å². The van der Waals surface area contributed by atoms with E-state index >= 15 is 0 Å². The average Bonchev–Trinajstić information content (AvgIpc) is 3.17. The van der Waals surface area contributed by atoms with Crippen molar-refractivity contribution in [1.82, 2.24) is 19.9 Å². The molecule has 2 atom stereocenters. The van der Waals surface area contributed by atoms with E-state index in [1.807, 2.05) is 40.1 Å². The predicted molar refractivity (Wildman–Crippen MR) is 107 cm³/mol. The molecule has 1 aromatic carbocycles. The van der Waals surface area contributed by atoms with Gasteiger partial charge in [-0.05, 0) is 25.3 Å². The van der Waals surface area contributed by atoms with Gasteiger partial charge >= 0.3 is 0 Å². The lowest BCUT2D eigenvalue weighted by Gasteiger charge is -2.39. The first-order valence-corrected chi connectivity index (χ1v) is 11.8. The van der Waals surface area contributed by atoms with Crippen LogP contribution in [-0.2, 0) is 14.6 Å². The van der Waals surface area contributed by atoms with E-state index in [0.29, 0.717) is 37.9 Å². The number of piperidine rings is 1. The van der Waals surface area contributed by atoms with Crippen LogP contribution in [0.25, 0.3) is 0 Å². The van der Waals surface area contributed by atoms with E-state index < -0.39 is 15.9 Å². The molecule has 4 rings (SSSR count). The van der Waals surface area contributed by atoms with Crippen LogP contribution in [-0.4, -0.2) is 72.0 Å². The van der Waals surface area contributed by atoms with Crippen molar-refractivity contribution < 1.29 is 17.7 Å². The zero-order chi connectivity index (χ0) is 20.4. The lowest BCUT2D eigenvalue weighted by molar-refractivity contribution is -0.138. The summed E-state index contributed by atoms with van der Waals surface area (Å²) in [6.07, 6.45) is 1.77. The maximum absolute atomic E-state index is 13.6. The second kappa shape index (κ2) is 8.23. The van der Waals surface area contributed by atoms with E-state index in [1.54, 1.807) is 6.92 Å². The second-order valence-electron chi connectivity index (χ2n) is 7.80. The Morgan fingerprint density at radius 2 is 1.90 bits per heavy atom. The molecule has 0 saturated carbocycles. The van der Waals surface area contributed by atoms with Gasteiger partial charge in [0.2, 0.25) is 11.8 Å². The standard InChI is InChI=1S/C20H26N4O4S/c1-15-21-19(28-22-15)17-8-5-9-24(14-17)20(25)18(16-6-3-2-4-7-16)23-10-12-29(26,27)13-11-23/h2-4,6-7,17-18H,5,8-14H2,1H3. The topological polar surface area (TPSA) is 96.6 Å². The van der Waals surface area contributed by atoms with Crippen molar-refractivity contribution in [3.8, 4) is 0 Å². The summed E-state index contributed by atoms with van der Waals surface area (Å²) < 4.78 is 29.1. The van der Waals surface area contributed by atoms with Gasteiger partial charge in [0.1, 0.15) is 6.04 Å². The molecular formula is C20H26N4O4S. The summed E-state index contributed by atoms with van der Waals surface area (Å²) in [5, 5.41) is 3.88. The summed E-state index contributed by atoms with van der Waals surface area (Å²) in [5.41, 5.74) is 0.896. The Morgan fingerprint density at radius 3 is 2.55 bits per heavy atom. The molecule has 9 heteroatoms. The summed E-state index contributed by atoms with van der Waals surface area (Å²) in [5.74, 6) is 1.41. The molecule has 0 spiro atoms. The minimum absolute atomic E-state index is 0.0106. The number of amides is 1. The van der Waals surface area contributed by atoms with Gasteiger partial charge in [-0.3, -0.25) is 9.69 Å². The van der Waals surface area contributed by atoms with Crippen molar-refractivity contribution >= 4 is 15.7 Å². The van der Waals surface area contributed by atoms with E-state index in [9.17, 15) is 13.2 Å². The maximum atomic E-state index is 13.6. The van der Waals surface area contributed by atoms with Crippen LogP contribution in [0.5, 0.6) is 0 Å². The zero-order valence-electron chi connectivity index (χ0n) is 16.5. The molecule has 2 unspecified atom stereocenters. The molecule has 0 aliphatic carbocycles. The largest absolute Gasteiger partial charge is 0.340 e. The van der Waals surface area contributed by atoms with Gasteiger partial charge < -0.3 is 9.42 Å². The fraction of sp³-hybridized carbons (Fsp3) is 0.550. The average molecular weight is 419 g/mol. The van der Waals surface area contributed by atoms with Crippen molar-refractivity contribution in [3.05, 3.63) is 47.6 Å². The smallest absolute Gasteiger partial charge is 0.244 e. The van der Waals surface area contributed by atoms with Gasteiger partial charge in [-0.15, -0.1) is 0 Å². The molecule has 3 heterocycles. The van der Waals surface area contributed by atoms with Gasteiger partial charge in [0.25, 0.3) is 0 Å². The third kappa shape index (κ3) is 4.51. The highest BCUT2D eigenvalue weighted by atomic mass is 32.2. The third-order valence-electron chi connectivity index (χ3n) is 5.72. The van der Waals surface area contributed by atoms with Crippen molar-refractivity contribution in [3.63, 3.8) is 0 Å². The molecule has 2 aliphatic rings. The Balaban J connectivity index is 1.56. The Morgan fingerprint density at radius 1 is 1.17 bits per heavy atom. The first kappa shape index (κ1) is 20.0. The van der Waals surface area contributed by atoms with Gasteiger partial charge in [0.05, 0.1) is 17.4 Å². The molecule has 2 fully saturated rings. The first-order valence-electron chi connectivity index (χ1n) is 10.0. The van der Waals surface area contributed by atoms with Gasteiger partial charge in [-0.1, -0.05) is 35.5 Å². The van der Waals surface area contributed by atoms with E-state index in [4.69, 9.17) is 4.52 Å². The van der Waals surface area contributed by atoms with Gasteiger partial charge in [0, 0.05) is 26.2 Å². The molecule has 0 radical (unpaired) electrons. The van der Waals surface area contributed by atoms with Crippen molar-refractivity contribution in [1.29, 1.82) is 0 Å². The summed E-state index contributed by atoms with van der Waals surface area (Å²) in [6.45, 7) is 3.74. The van der Waals surface area contributed by atoms with E-state index in [2.05, 4.69) is 10.1 Å². The van der Waals surface area contributed by atoms with Crippen LogP contribution in [0.15, 0.2) is 34.9 Å². The number of rotatable bonds is 4. The Labute approximate surface area is 170 Å². The molecule has 0 bridgehead atoms. The molecule has 1 amide bonds. The van der Waals surface area contributed by atoms with Crippen LogP contribution in [0.4, 0.5) is 0 Å². The van der Waals surface area contributed by atoms with Crippen LogP contribution in [0, 0.1) is 6.92 Å². The normalized spacial score (nSPS) is 23.6. The van der Waals surface area contributed by atoms with Crippen LogP contribution in [0.1, 0.15) is 42.1 Å². The van der Waals surface area contributed by atoms with Crippen LogP contribution in [0.2, 0.25) is 0 Å². The van der Waals surface area contributed by atoms with E-state index in [-0.39, 0.29) is 23.3 Å². The van der Waals surface area contributed by atoms with E-state index in [1.165, 1.54) is 0 Å². The van der Waals surface area contributed by atoms with Gasteiger partial charge in [-0.2, -0.15) is 4.98 Å². The Kier molecular flexibility index (Phi) is 5.69. The number of hydrogen-bond donors (Lipinski definition) is 0. The van der Waals surface area contributed by atoms with Crippen LogP contribution in [0.3, 0.4) is 0 Å². The number of carbonyl (C=O) groups excluding carboxylic acids is 1. The first-order chi connectivity index (χ1) is 13.9. The molecular weight excluding hydrogens is 392 g/mol. The summed E-state index contributed by atoms with van der Waals surface area (Å²) in [7, 11) is -3.02. The molecule has 29 heavy (non-hydrogen) atoms. The minimum Gasteiger partial charge on any atom is -0.340 e. The van der Waals surface area contributed by atoms with Gasteiger partial charge in [0.15, 0.2) is 15.7 Å². The molecule has 8 nitrogen and oxygen atoms in total. The number of sulfone groups is 1. The highest BCUT2D eigenvalue weighted by Gasteiger charge is 2.37. The fourth-order valence-corrected chi connectivity index (χ4v) is 5.39. The Hall–Kier alpha value is -2.26. The number of carbonyl (C=O) groups is 1. The molecule has 2 saturated heterocycles.